The van der Waals surface area contributed by atoms with E-state index < -0.39 is 0 Å². The molecule has 0 aliphatic carbocycles. The fraction of sp³-hybridized carbons (Fsp3) is 0.538. The summed E-state index contributed by atoms with van der Waals surface area (Å²) in [6.07, 6.45) is 0. The standard InChI is InChI=1S/C13H18OS/c1-10(2)15-13(8-14-9-13)12-6-4-11(3)5-7-12/h4-7,10H,8-9H2,1-3H3. The lowest BCUT2D eigenvalue weighted by molar-refractivity contribution is -0.0110. The van der Waals surface area contributed by atoms with Gasteiger partial charge in [-0.05, 0) is 12.5 Å². The van der Waals surface area contributed by atoms with Crippen LogP contribution >= 0.6 is 11.8 Å². The van der Waals surface area contributed by atoms with E-state index in [9.17, 15) is 0 Å². The van der Waals surface area contributed by atoms with Crippen molar-refractivity contribution in [1.29, 1.82) is 0 Å². The molecule has 0 spiro atoms. The van der Waals surface area contributed by atoms with Gasteiger partial charge in [0.05, 0.1) is 18.0 Å². The van der Waals surface area contributed by atoms with E-state index in [0.29, 0.717) is 5.25 Å². The van der Waals surface area contributed by atoms with Gasteiger partial charge < -0.3 is 4.74 Å². The summed E-state index contributed by atoms with van der Waals surface area (Å²) in [6.45, 7) is 8.35. The van der Waals surface area contributed by atoms with Gasteiger partial charge in [-0.3, -0.25) is 0 Å². The lowest BCUT2D eigenvalue weighted by Crippen LogP contribution is -2.44. The molecule has 2 rings (SSSR count). The molecule has 1 saturated heterocycles. The quantitative estimate of drug-likeness (QED) is 0.775. The second kappa shape index (κ2) is 4.18. The van der Waals surface area contributed by atoms with Gasteiger partial charge in [-0.1, -0.05) is 43.7 Å². The molecule has 0 saturated carbocycles. The predicted molar refractivity (Wildman–Crippen MR) is 66.4 cm³/mol. The van der Waals surface area contributed by atoms with Gasteiger partial charge in [0.2, 0.25) is 0 Å². The first-order valence-electron chi connectivity index (χ1n) is 5.45. The second-order valence-corrected chi connectivity index (χ2v) is 6.48. The van der Waals surface area contributed by atoms with Crippen molar-refractivity contribution in [2.45, 2.75) is 30.8 Å². The highest BCUT2D eigenvalue weighted by atomic mass is 32.2. The zero-order chi connectivity index (χ0) is 10.9. The molecule has 0 bridgehead atoms. The Labute approximate surface area is 96.2 Å². The van der Waals surface area contributed by atoms with E-state index in [1.54, 1.807) is 0 Å². The van der Waals surface area contributed by atoms with Gasteiger partial charge in [0.25, 0.3) is 0 Å². The number of rotatable bonds is 3. The fourth-order valence-electron chi connectivity index (χ4n) is 1.90. The minimum atomic E-state index is 0.224. The van der Waals surface area contributed by atoms with Crippen LogP contribution in [0.5, 0.6) is 0 Å². The molecule has 1 aromatic rings. The van der Waals surface area contributed by atoms with Crippen LogP contribution in [0.25, 0.3) is 0 Å². The molecule has 15 heavy (non-hydrogen) atoms. The number of thioether (sulfide) groups is 1. The van der Waals surface area contributed by atoms with Crippen LogP contribution in [-0.4, -0.2) is 18.5 Å². The van der Waals surface area contributed by atoms with E-state index >= 15 is 0 Å². The lowest BCUT2D eigenvalue weighted by atomic mass is 9.95. The number of hydrogen-bond acceptors (Lipinski definition) is 2. The molecule has 0 atom stereocenters. The first-order chi connectivity index (χ1) is 7.12. The van der Waals surface area contributed by atoms with Crippen molar-refractivity contribution in [1.82, 2.24) is 0 Å². The van der Waals surface area contributed by atoms with E-state index in [-0.39, 0.29) is 4.75 Å². The third-order valence-corrected chi connectivity index (χ3v) is 4.10. The van der Waals surface area contributed by atoms with E-state index in [1.165, 1.54) is 11.1 Å². The fourth-order valence-corrected chi connectivity index (χ4v) is 3.38. The van der Waals surface area contributed by atoms with Crippen molar-refractivity contribution >= 4 is 11.8 Å². The summed E-state index contributed by atoms with van der Waals surface area (Å²) in [4.78, 5) is 0. The molecule has 0 radical (unpaired) electrons. The Morgan fingerprint density at radius 3 is 2.20 bits per heavy atom. The van der Waals surface area contributed by atoms with Gasteiger partial charge in [0.1, 0.15) is 0 Å². The van der Waals surface area contributed by atoms with E-state index in [2.05, 4.69) is 45.0 Å². The molecule has 0 amide bonds. The summed E-state index contributed by atoms with van der Waals surface area (Å²) in [5, 5.41) is 0.648. The Morgan fingerprint density at radius 1 is 1.20 bits per heavy atom. The van der Waals surface area contributed by atoms with Crippen molar-refractivity contribution in [3.8, 4) is 0 Å². The third-order valence-electron chi connectivity index (χ3n) is 2.71. The van der Waals surface area contributed by atoms with Crippen molar-refractivity contribution in [3.05, 3.63) is 35.4 Å². The summed E-state index contributed by atoms with van der Waals surface area (Å²) in [5.41, 5.74) is 2.74. The Morgan fingerprint density at radius 2 is 1.80 bits per heavy atom. The monoisotopic (exact) mass is 222 g/mol. The van der Waals surface area contributed by atoms with E-state index in [1.807, 2.05) is 11.8 Å². The highest BCUT2D eigenvalue weighted by molar-refractivity contribution is 8.00. The van der Waals surface area contributed by atoms with Crippen molar-refractivity contribution in [2.75, 3.05) is 13.2 Å². The van der Waals surface area contributed by atoms with Crippen LogP contribution in [0.4, 0.5) is 0 Å². The summed E-state index contributed by atoms with van der Waals surface area (Å²) < 4.78 is 5.63. The molecule has 82 valence electrons. The van der Waals surface area contributed by atoms with Crippen LogP contribution in [-0.2, 0) is 9.48 Å². The SMILES string of the molecule is Cc1ccc(C2(SC(C)C)COC2)cc1. The molecular weight excluding hydrogens is 204 g/mol. The van der Waals surface area contributed by atoms with Gasteiger partial charge in [-0.25, -0.2) is 0 Å². The van der Waals surface area contributed by atoms with Gasteiger partial charge in [0, 0.05) is 5.25 Å². The zero-order valence-corrected chi connectivity index (χ0v) is 10.4. The van der Waals surface area contributed by atoms with Crippen molar-refractivity contribution < 1.29 is 4.74 Å². The van der Waals surface area contributed by atoms with Crippen molar-refractivity contribution in [3.63, 3.8) is 0 Å². The number of benzene rings is 1. The average Bonchev–Trinajstić information content (AvgIpc) is 2.13. The first-order valence-corrected chi connectivity index (χ1v) is 6.33. The van der Waals surface area contributed by atoms with Gasteiger partial charge in [-0.15, -0.1) is 11.8 Å². The summed E-state index contributed by atoms with van der Waals surface area (Å²) in [6, 6.07) is 8.87. The van der Waals surface area contributed by atoms with E-state index in [4.69, 9.17) is 4.74 Å². The largest absolute Gasteiger partial charge is 0.378 e. The maximum absolute atomic E-state index is 5.40. The summed E-state index contributed by atoms with van der Waals surface area (Å²) >= 11 is 2.02. The minimum absolute atomic E-state index is 0.224. The number of ether oxygens (including phenoxy) is 1. The van der Waals surface area contributed by atoms with Crippen LogP contribution in [0.3, 0.4) is 0 Å². The van der Waals surface area contributed by atoms with Crippen LogP contribution in [0.1, 0.15) is 25.0 Å². The molecule has 1 fully saturated rings. The molecule has 0 unspecified atom stereocenters. The van der Waals surface area contributed by atoms with Gasteiger partial charge in [0.15, 0.2) is 0 Å². The normalized spacial score (nSPS) is 18.9. The number of hydrogen-bond donors (Lipinski definition) is 0. The molecule has 1 aromatic carbocycles. The molecule has 0 N–H and O–H groups in total. The third kappa shape index (κ3) is 2.21. The Hall–Kier alpha value is -0.470. The Balaban J connectivity index is 2.22. The molecule has 0 aromatic heterocycles. The maximum Gasteiger partial charge on any atom is 0.0876 e. The molecule has 1 heterocycles. The Kier molecular flexibility index (Phi) is 3.08. The Bertz CT molecular complexity index is 325. The topological polar surface area (TPSA) is 9.23 Å². The van der Waals surface area contributed by atoms with Gasteiger partial charge >= 0.3 is 0 Å². The van der Waals surface area contributed by atoms with Crippen LogP contribution in [0.2, 0.25) is 0 Å². The summed E-state index contributed by atoms with van der Waals surface area (Å²) in [7, 11) is 0. The molecule has 1 aliphatic rings. The van der Waals surface area contributed by atoms with Gasteiger partial charge in [-0.2, -0.15) is 0 Å². The zero-order valence-electron chi connectivity index (χ0n) is 9.62. The highest BCUT2D eigenvalue weighted by Gasteiger charge is 2.41. The van der Waals surface area contributed by atoms with Crippen LogP contribution in [0, 0.1) is 6.92 Å². The lowest BCUT2D eigenvalue weighted by Gasteiger charge is -2.42. The van der Waals surface area contributed by atoms with Crippen molar-refractivity contribution in [2.24, 2.45) is 0 Å². The molecule has 1 nitrogen and oxygen atoms in total. The summed E-state index contributed by atoms with van der Waals surface area (Å²) in [5.74, 6) is 0. The van der Waals surface area contributed by atoms with E-state index in [0.717, 1.165) is 13.2 Å². The maximum atomic E-state index is 5.40. The first kappa shape index (κ1) is 11.0. The predicted octanol–water partition coefficient (Wildman–Crippen LogP) is 3.36. The smallest absolute Gasteiger partial charge is 0.0876 e. The molecule has 1 aliphatic heterocycles. The van der Waals surface area contributed by atoms with Crippen LogP contribution < -0.4 is 0 Å². The number of aryl methyl sites for hydroxylation is 1. The average molecular weight is 222 g/mol. The second-order valence-electron chi connectivity index (χ2n) is 4.52. The molecular formula is C13H18OS. The highest BCUT2D eigenvalue weighted by Crippen LogP contribution is 2.44. The minimum Gasteiger partial charge on any atom is -0.378 e. The van der Waals surface area contributed by atoms with Crippen LogP contribution in [0.15, 0.2) is 24.3 Å². The molecule has 2 heteroatoms.